The zero-order valence-corrected chi connectivity index (χ0v) is 12.9. The van der Waals surface area contributed by atoms with Gasteiger partial charge in [-0.1, -0.05) is 11.8 Å². The molecule has 0 radical (unpaired) electrons. The van der Waals surface area contributed by atoms with Crippen LogP contribution in [0, 0.1) is 11.8 Å². The topological polar surface area (TPSA) is 53.4 Å². The van der Waals surface area contributed by atoms with E-state index in [0.717, 1.165) is 12.2 Å². The number of thioether (sulfide) groups is 1. The van der Waals surface area contributed by atoms with E-state index in [-0.39, 0.29) is 18.6 Å². The average molecular weight is 292 g/mol. The first-order chi connectivity index (χ1) is 9.60. The molecule has 1 atom stereocenters. The minimum absolute atomic E-state index is 0.0831. The lowest BCUT2D eigenvalue weighted by atomic mass is 10.2. The van der Waals surface area contributed by atoms with E-state index < -0.39 is 0 Å². The molecule has 1 aromatic rings. The molecule has 1 rings (SSSR count). The van der Waals surface area contributed by atoms with Crippen LogP contribution in [0.5, 0.6) is 0 Å². The molecule has 1 amide bonds. The summed E-state index contributed by atoms with van der Waals surface area (Å²) < 4.78 is 0. The molecular formula is C15H20N2O2S. The second-order valence-corrected chi connectivity index (χ2v) is 5.42. The summed E-state index contributed by atoms with van der Waals surface area (Å²) in [6.07, 6.45) is 4.57. The molecule has 4 nitrogen and oxygen atoms in total. The molecule has 0 spiro atoms. The van der Waals surface area contributed by atoms with Crippen molar-refractivity contribution >= 4 is 17.7 Å². The van der Waals surface area contributed by atoms with Crippen LogP contribution in [0.25, 0.3) is 0 Å². The van der Waals surface area contributed by atoms with Crippen molar-refractivity contribution in [1.29, 1.82) is 0 Å². The van der Waals surface area contributed by atoms with Gasteiger partial charge in [-0.25, -0.2) is 4.98 Å². The van der Waals surface area contributed by atoms with Crippen molar-refractivity contribution in [2.75, 3.05) is 25.7 Å². The van der Waals surface area contributed by atoms with Crippen LogP contribution >= 0.6 is 11.8 Å². The van der Waals surface area contributed by atoms with Gasteiger partial charge in [-0.3, -0.25) is 4.79 Å². The number of hydrogen-bond acceptors (Lipinski definition) is 4. The number of pyridine rings is 1. The first kappa shape index (κ1) is 16.5. The molecule has 0 aliphatic heterocycles. The molecule has 0 fully saturated rings. The van der Waals surface area contributed by atoms with E-state index >= 15 is 0 Å². The van der Waals surface area contributed by atoms with Gasteiger partial charge in [0.25, 0.3) is 5.91 Å². The summed E-state index contributed by atoms with van der Waals surface area (Å²) in [6.45, 7) is 1.85. The van der Waals surface area contributed by atoms with E-state index in [2.05, 4.69) is 23.1 Å². The first-order valence-electron chi connectivity index (χ1n) is 6.42. The van der Waals surface area contributed by atoms with Crippen molar-refractivity contribution in [3.8, 4) is 11.8 Å². The Kier molecular flexibility index (Phi) is 7.13. The van der Waals surface area contributed by atoms with Crippen molar-refractivity contribution in [2.24, 2.45) is 0 Å². The second kappa shape index (κ2) is 8.62. The van der Waals surface area contributed by atoms with Gasteiger partial charge in [-0.15, -0.1) is 0 Å². The normalized spacial score (nSPS) is 11.4. The fourth-order valence-corrected chi connectivity index (χ4v) is 2.18. The van der Waals surface area contributed by atoms with E-state index in [1.165, 1.54) is 0 Å². The van der Waals surface area contributed by atoms with E-state index in [1.54, 1.807) is 42.0 Å². The highest BCUT2D eigenvalue weighted by Gasteiger charge is 2.17. The maximum absolute atomic E-state index is 12.3. The Bertz CT molecular complexity index is 491. The SMILES string of the molecule is CSCCC(C)N(C)C(=O)c1ccc(C#CCO)cn1. The number of carbonyl (C=O) groups is 1. The highest BCUT2D eigenvalue weighted by atomic mass is 32.2. The Balaban J connectivity index is 2.71. The average Bonchev–Trinajstić information content (AvgIpc) is 2.49. The number of aliphatic hydroxyl groups excluding tert-OH is 1. The van der Waals surface area contributed by atoms with E-state index in [4.69, 9.17) is 5.11 Å². The third-order valence-corrected chi connectivity index (χ3v) is 3.66. The maximum atomic E-state index is 12.3. The van der Waals surface area contributed by atoms with Crippen molar-refractivity contribution in [1.82, 2.24) is 9.88 Å². The van der Waals surface area contributed by atoms with Gasteiger partial charge in [0.05, 0.1) is 0 Å². The first-order valence-corrected chi connectivity index (χ1v) is 7.81. The lowest BCUT2D eigenvalue weighted by Gasteiger charge is -2.24. The van der Waals surface area contributed by atoms with Gasteiger partial charge in [-0.2, -0.15) is 11.8 Å². The molecule has 0 aliphatic rings. The number of rotatable bonds is 5. The Labute approximate surface area is 124 Å². The van der Waals surface area contributed by atoms with E-state index in [1.807, 2.05) is 6.92 Å². The summed E-state index contributed by atoms with van der Waals surface area (Å²) >= 11 is 1.78. The van der Waals surface area contributed by atoms with E-state index in [0.29, 0.717) is 11.3 Å². The van der Waals surface area contributed by atoms with Gasteiger partial charge in [0.2, 0.25) is 0 Å². The fourth-order valence-electron chi connectivity index (χ4n) is 1.60. The van der Waals surface area contributed by atoms with Crippen LogP contribution in [-0.2, 0) is 0 Å². The molecule has 0 aromatic carbocycles. The number of nitrogens with zero attached hydrogens (tertiary/aromatic N) is 2. The summed E-state index contributed by atoms with van der Waals surface area (Å²) in [5.41, 5.74) is 1.10. The molecular weight excluding hydrogens is 272 g/mol. The summed E-state index contributed by atoms with van der Waals surface area (Å²) in [5.74, 6) is 6.24. The molecule has 0 saturated carbocycles. The number of carbonyl (C=O) groups excluding carboxylic acids is 1. The van der Waals surface area contributed by atoms with Crippen LogP contribution in [0.15, 0.2) is 18.3 Å². The van der Waals surface area contributed by atoms with Crippen LogP contribution in [0.2, 0.25) is 0 Å². The molecule has 1 unspecified atom stereocenters. The van der Waals surface area contributed by atoms with Crippen LogP contribution in [0.4, 0.5) is 0 Å². The van der Waals surface area contributed by atoms with Gasteiger partial charge in [0.15, 0.2) is 0 Å². The predicted octanol–water partition coefficient (Wildman–Crippen LogP) is 1.64. The number of aromatic nitrogens is 1. The van der Waals surface area contributed by atoms with Crippen LogP contribution in [-0.4, -0.2) is 52.6 Å². The molecule has 0 saturated heterocycles. The largest absolute Gasteiger partial charge is 0.384 e. The maximum Gasteiger partial charge on any atom is 0.272 e. The molecule has 1 N–H and O–H groups in total. The Morgan fingerprint density at radius 3 is 2.85 bits per heavy atom. The Morgan fingerprint density at radius 1 is 1.55 bits per heavy atom. The third-order valence-electron chi connectivity index (χ3n) is 3.02. The van der Waals surface area contributed by atoms with Crippen LogP contribution < -0.4 is 0 Å². The number of aliphatic hydroxyl groups is 1. The molecule has 20 heavy (non-hydrogen) atoms. The van der Waals surface area contributed by atoms with Gasteiger partial charge in [0, 0.05) is 24.8 Å². The van der Waals surface area contributed by atoms with Gasteiger partial charge >= 0.3 is 0 Å². The summed E-state index contributed by atoms with van der Waals surface area (Å²) in [6, 6.07) is 3.59. The molecule has 1 heterocycles. The highest BCUT2D eigenvalue weighted by molar-refractivity contribution is 7.98. The molecule has 0 aliphatic carbocycles. The predicted molar refractivity (Wildman–Crippen MR) is 82.8 cm³/mol. The Hall–Kier alpha value is -1.51. The van der Waals surface area contributed by atoms with Gasteiger partial charge in [0.1, 0.15) is 12.3 Å². The smallest absolute Gasteiger partial charge is 0.272 e. The minimum atomic E-state index is -0.184. The molecule has 1 aromatic heterocycles. The van der Waals surface area contributed by atoms with Crippen molar-refractivity contribution in [3.05, 3.63) is 29.6 Å². The quantitative estimate of drug-likeness (QED) is 0.838. The standard InChI is InChI=1S/C15H20N2O2S/c1-12(8-10-20-3)17(2)15(19)14-7-6-13(11-16-14)5-4-9-18/h6-7,11-12,18H,8-10H2,1-3H3. The van der Waals surface area contributed by atoms with Crippen molar-refractivity contribution in [2.45, 2.75) is 19.4 Å². The summed E-state index contributed by atoms with van der Waals surface area (Å²) in [4.78, 5) is 18.1. The van der Waals surface area contributed by atoms with Crippen molar-refractivity contribution in [3.63, 3.8) is 0 Å². The molecule has 5 heteroatoms. The lowest BCUT2D eigenvalue weighted by molar-refractivity contribution is 0.0735. The lowest BCUT2D eigenvalue weighted by Crippen LogP contribution is -2.35. The number of amides is 1. The third kappa shape index (κ3) is 4.87. The molecule has 108 valence electrons. The Morgan fingerprint density at radius 2 is 2.30 bits per heavy atom. The summed E-state index contributed by atoms with van der Waals surface area (Å²) in [7, 11) is 1.80. The second-order valence-electron chi connectivity index (χ2n) is 4.44. The van der Waals surface area contributed by atoms with Gasteiger partial charge < -0.3 is 10.0 Å². The van der Waals surface area contributed by atoms with E-state index in [9.17, 15) is 4.79 Å². The monoisotopic (exact) mass is 292 g/mol. The fraction of sp³-hybridized carbons (Fsp3) is 0.467. The minimum Gasteiger partial charge on any atom is -0.384 e. The van der Waals surface area contributed by atoms with Crippen LogP contribution in [0.1, 0.15) is 29.4 Å². The summed E-state index contributed by atoms with van der Waals surface area (Å²) in [5, 5.41) is 8.62. The van der Waals surface area contributed by atoms with Crippen LogP contribution in [0.3, 0.4) is 0 Å². The number of hydrogen-bond donors (Lipinski definition) is 1. The zero-order valence-electron chi connectivity index (χ0n) is 12.1. The highest BCUT2D eigenvalue weighted by Crippen LogP contribution is 2.10. The van der Waals surface area contributed by atoms with Crippen molar-refractivity contribution < 1.29 is 9.90 Å². The zero-order chi connectivity index (χ0) is 15.0. The van der Waals surface area contributed by atoms with Gasteiger partial charge in [-0.05, 0) is 37.5 Å². The molecule has 0 bridgehead atoms.